The predicted molar refractivity (Wildman–Crippen MR) is 86.3 cm³/mol. The van der Waals surface area contributed by atoms with Crippen molar-refractivity contribution in [2.45, 2.75) is 19.9 Å². The van der Waals surface area contributed by atoms with Crippen molar-refractivity contribution in [2.24, 2.45) is 0 Å². The Labute approximate surface area is 131 Å². The van der Waals surface area contributed by atoms with Crippen molar-refractivity contribution in [3.8, 4) is 0 Å². The Morgan fingerprint density at radius 3 is 2.80 bits per heavy atom. The number of aromatic nitrogens is 1. The van der Waals surface area contributed by atoms with Crippen LogP contribution in [0.5, 0.6) is 0 Å². The van der Waals surface area contributed by atoms with E-state index in [0.29, 0.717) is 26.6 Å². The quantitative estimate of drug-likeness (QED) is 0.860. The Hall–Kier alpha value is -1.46. The van der Waals surface area contributed by atoms with Gasteiger partial charge in [-0.1, -0.05) is 17.7 Å². The number of nitrogen functional groups attached to an aromatic ring is 1. The maximum Gasteiger partial charge on any atom is 0.272 e. The number of carbonyl (C=O) groups is 1. The summed E-state index contributed by atoms with van der Waals surface area (Å²) < 4.78 is 2.49. The van der Waals surface area contributed by atoms with Crippen LogP contribution < -0.4 is 11.1 Å². The lowest BCUT2D eigenvalue weighted by Crippen LogP contribution is -2.18. The Balaban J connectivity index is 2.31. The van der Waals surface area contributed by atoms with Gasteiger partial charge in [0.1, 0.15) is 5.69 Å². The van der Waals surface area contributed by atoms with E-state index >= 15 is 0 Å². The molecule has 0 aliphatic carbocycles. The number of anilines is 2. The highest BCUT2D eigenvalue weighted by Gasteiger charge is 2.16. The van der Waals surface area contributed by atoms with Crippen molar-refractivity contribution < 1.29 is 4.79 Å². The number of nitrogens with one attached hydrogen (secondary N) is 1. The van der Waals surface area contributed by atoms with E-state index in [1.54, 1.807) is 30.5 Å². The molecule has 0 atom stereocenters. The Morgan fingerprint density at radius 2 is 2.15 bits per heavy atom. The minimum Gasteiger partial charge on any atom is -0.397 e. The average Bonchev–Trinajstić information content (AvgIpc) is 2.77. The van der Waals surface area contributed by atoms with Crippen LogP contribution in [0.1, 0.15) is 30.4 Å². The van der Waals surface area contributed by atoms with Gasteiger partial charge >= 0.3 is 0 Å². The van der Waals surface area contributed by atoms with Crippen LogP contribution in [-0.2, 0) is 0 Å². The van der Waals surface area contributed by atoms with E-state index in [9.17, 15) is 4.79 Å². The molecular formula is C14H15BrClN3O. The van der Waals surface area contributed by atoms with E-state index in [4.69, 9.17) is 17.3 Å². The summed E-state index contributed by atoms with van der Waals surface area (Å²) >= 11 is 9.36. The second-order valence-electron chi connectivity index (χ2n) is 4.72. The lowest BCUT2D eigenvalue weighted by atomic mass is 10.3. The number of carbonyl (C=O) groups excluding carboxylic acids is 1. The van der Waals surface area contributed by atoms with Crippen molar-refractivity contribution in [1.29, 1.82) is 0 Å². The molecular weight excluding hydrogens is 342 g/mol. The first kappa shape index (κ1) is 14.9. The summed E-state index contributed by atoms with van der Waals surface area (Å²) in [5.41, 5.74) is 7.48. The number of nitrogens with zero attached hydrogens (tertiary/aromatic N) is 1. The van der Waals surface area contributed by atoms with Gasteiger partial charge in [-0.05, 0) is 48.0 Å². The first-order chi connectivity index (χ1) is 9.40. The molecule has 0 bridgehead atoms. The molecule has 106 valence electrons. The van der Waals surface area contributed by atoms with Crippen LogP contribution in [0.25, 0.3) is 0 Å². The van der Waals surface area contributed by atoms with Crippen LogP contribution in [0.15, 0.2) is 34.9 Å². The molecule has 1 amide bonds. The van der Waals surface area contributed by atoms with E-state index < -0.39 is 0 Å². The lowest BCUT2D eigenvalue weighted by Gasteiger charge is -2.13. The van der Waals surface area contributed by atoms with Gasteiger partial charge in [-0.25, -0.2) is 0 Å². The second-order valence-corrected chi connectivity index (χ2v) is 5.92. The van der Waals surface area contributed by atoms with Gasteiger partial charge in [0.2, 0.25) is 0 Å². The normalized spacial score (nSPS) is 10.8. The van der Waals surface area contributed by atoms with Crippen LogP contribution in [0.3, 0.4) is 0 Å². The van der Waals surface area contributed by atoms with Crippen molar-refractivity contribution in [1.82, 2.24) is 4.57 Å². The molecule has 1 aromatic heterocycles. The fraction of sp³-hybridized carbons (Fsp3) is 0.214. The molecule has 2 rings (SSSR count). The highest BCUT2D eigenvalue weighted by atomic mass is 79.9. The zero-order valence-electron chi connectivity index (χ0n) is 11.2. The van der Waals surface area contributed by atoms with Gasteiger partial charge in [-0.15, -0.1) is 0 Å². The maximum absolute atomic E-state index is 12.4. The third kappa shape index (κ3) is 2.99. The van der Waals surface area contributed by atoms with E-state index in [-0.39, 0.29) is 11.9 Å². The van der Waals surface area contributed by atoms with Crippen LogP contribution >= 0.6 is 27.5 Å². The Kier molecular flexibility index (Phi) is 4.40. The molecule has 4 nitrogen and oxygen atoms in total. The third-order valence-corrected chi connectivity index (χ3v) is 4.26. The number of nitrogens with two attached hydrogens (primary N) is 1. The molecule has 3 N–H and O–H groups in total. The molecule has 6 heteroatoms. The minimum absolute atomic E-state index is 0.149. The molecule has 0 spiro atoms. The van der Waals surface area contributed by atoms with Crippen LogP contribution in [0.2, 0.25) is 5.02 Å². The summed E-state index contributed by atoms with van der Waals surface area (Å²) in [5, 5.41) is 3.37. The average molecular weight is 357 g/mol. The van der Waals surface area contributed by atoms with Crippen molar-refractivity contribution in [3.63, 3.8) is 0 Å². The number of benzene rings is 1. The van der Waals surface area contributed by atoms with E-state index in [0.717, 1.165) is 0 Å². The predicted octanol–water partition coefficient (Wildman–Crippen LogP) is 4.32. The molecule has 0 radical (unpaired) electrons. The monoisotopic (exact) mass is 355 g/mol. The number of amides is 1. The lowest BCUT2D eigenvalue weighted by molar-refractivity contribution is 0.101. The minimum atomic E-state index is -0.224. The van der Waals surface area contributed by atoms with Gasteiger partial charge in [0.05, 0.1) is 20.9 Å². The van der Waals surface area contributed by atoms with Crippen molar-refractivity contribution in [2.75, 3.05) is 11.1 Å². The largest absolute Gasteiger partial charge is 0.397 e. The van der Waals surface area contributed by atoms with Gasteiger partial charge in [0.15, 0.2) is 0 Å². The molecule has 1 heterocycles. The topological polar surface area (TPSA) is 60.0 Å². The van der Waals surface area contributed by atoms with E-state index in [2.05, 4.69) is 21.2 Å². The van der Waals surface area contributed by atoms with Crippen LogP contribution in [0, 0.1) is 0 Å². The van der Waals surface area contributed by atoms with E-state index in [1.165, 1.54) is 0 Å². The molecule has 0 aliphatic heterocycles. The number of hydrogen-bond donors (Lipinski definition) is 2. The summed E-state index contributed by atoms with van der Waals surface area (Å²) in [6, 6.07) is 7.11. The van der Waals surface area contributed by atoms with Crippen molar-refractivity contribution >= 4 is 44.8 Å². The van der Waals surface area contributed by atoms with E-state index in [1.807, 2.05) is 18.4 Å². The molecule has 0 aliphatic rings. The summed E-state index contributed by atoms with van der Waals surface area (Å²) in [6.45, 7) is 3.98. The van der Waals surface area contributed by atoms with Crippen molar-refractivity contribution in [3.05, 3.63) is 45.7 Å². The van der Waals surface area contributed by atoms with Crippen LogP contribution in [0.4, 0.5) is 11.4 Å². The SMILES string of the molecule is CC(C)n1cc(N)cc1C(=O)Nc1cccc(Cl)c1Br. The second kappa shape index (κ2) is 5.89. The van der Waals surface area contributed by atoms with Gasteiger partial charge in [-0.2, -0.15) is 0 Å². The summed E-state index contributed by atoms with van der Waals surface area (Å²) in [5.74, 6) is -0.224. The number of rotatable bonds is 3. The Morgan fingerprint density at radius 1 is 1.45 bits per heavy atom. The maximum atomic E-state index is 12.4. The van der Waals surface area contributed by atoms with Gasteiger partial charge in [0.25, 0.3) is 5.91 Å². The zero-order chi connectivity index (χ0) is 14.9. The zero-order valence-corrected chi connectivity index (χ0v) is 13.5. The molecule has 20 heavy (non-hydrogen) atoms. The fourth-order valence-electron chi connectivity index (χ4n) is 1.90. The fourth-order valence-corrected chi connectivity index (χ4v) is 2.43. The first-order valence-corrected chi connectivity index (χ1v) is 7.30. The number of halogens is 2. The third-order valence-electron chi connectivity index (χ3n) is 2.86. The summed E-state index contributed by atoms with van der Waals surface area (Å²) in [7, 11) is 0. The molecule has 0 fully saturated rings. The molecule has 2 aromatic rings. The first-order valence-electron chi connectivity index (χ1n) is 6.13. The highest BCUT2D eigenvalue weighted by Crippen LogP contribution is 2.30. The summed E-state index contributed by atoms with van der Waals surface area (Å²) in [6.07, 6.45) is 1.76. The highest BCUT2D eigenvalue weighted by molar-refractivity contribution is 9.10. The van der Waals surface area contributed by atoms with Gasteiger partial charge < -0.3 is 15.6 Å². The molecule has 0 saturated carbocycles. The van der Waals surface area contributed by atoms with Gasteiger partial charge in [0, 0.05) is 12.2 Å². The standard InChI is InChI=1S/C14H15BrClN3O/c1-8(2)19-7-9(17)6-12(19)14(20)18-11-5-3-4-10(16)13(11)15/h3-8H,17H2,1-2H3,(H,18,20). The smallest absolute Gasteiger partial charge is 0.272 e. The van der Waals surface area contributed by atoms with Gasteiger partial charge in [-0.3, -0.25) is 4.79 Å². The summed E-state index contributed by atoms with van der Waals surface area (Å²) in [4.78, 5) is 12.4. The molecule has 0 saturated heterocycles. The number of hydrogen-bond acceptors (Lipinski definition) is 2. The van der Waals surface area contributed by atoms with Crippen LogP contribution in [-0.4, -0.2) is 10.5 Å². The molecule has 1 aromatic carbocycles. The Bertz CT molecular complexity index is 652. The molecule has 0 unspecified atom stereocenters.